The first kappa shape index (κ1) is 20.3. The summed E-state index contributed by atoms with van der Waals surface area (Å²) in [7, 11) is 0. The van der Waals surface area contributed by atoms with Crippen molar-refractivity contribution in [2.75, 3.05) is 5.75 Å². The van der Waals surface area contributed by atoms with Gasteiger partial charge in [-0.2, -0.15) is 0 Å². The highest BCUT2D eigenvalue weighted by Crippen LogP contribution is 2.48. The van der Waals surface area contributed by atoms with Crippen molar-refractivity contribution >= 4 is 29.5 Å². The molecule has 3 atom stereocenters. The lowest BCUT2D eigenvalue weighted by Gasteiger charge is -2.29. The third-order valence-corrected chi connectivity index (χ3v) is 7.50. The molecule has 0 aromatic heterocycles. The number of nitrogens with zero attached hydrogens (tertiary/aromatic N) is 1. The van der Waals surface area contributed by atoms with Gasteiger partial charge < -0.3 is 15.5 Å². The number of nitrogens with one attached hydrogen (secondary N) is 2. The van der Waals surface area contributed by atoms with Crippen LogP contribution in [-0.2, 0) is 9.59 Å². The van der Waals surface area contributed by atoms with Crippen LogP contribution in [0.25, 0.3) is 0 Å². The summed E-state index contributed by atoms with van der Waals surface area (Å²) in [4.78, 5) is 40.5. The highest BCUT2D eigenvalue weighted by atomic mass is 32.2. The van der Waals surface area contributed by atoms with Crippen molar-refractivity contribution in [2.24, 2.45) is 5.92 Å². The Labute approximate surface area is 176 Å². The van der Waals surface area contributed by atoms with E-state index in [-0.39, 0.29) is 35.1 Å². The van der Waals surface area contributed by atoms with Gasteiger partial charge in [0.2, 0.25) is 11.8 Å². The zero-order valence-electron chi connectivity index (χ0n) is 17.0. The summed E-state index contributed by atoms with van der Waals surface area (Å²) in [5.41, 5.74) is 1.66. The van der Waals surface area contributed by atoms with Crippen molar-refractivity contribution in [2.45, 2.75) is 69.5 Å². The fourth-order valence-electron chi connectivity index (χ4n) is 4.56. The molecule has 2 aliphatic heterocycles. The largest absolute Gasteiger partial charge is 0.352 e. The van der Waals surface area contributed by atoms with Crippen molar-refractivity contribution in [3.63, 3.8) is 0 Å². The van der Waals surface area contributed by atoms with Gasteiger partial charge >= 0.3 is 0 Å². The van der Waals surface area contributed by atoms with Crippen molar-refractivity contribution in [1.29, 1.82) is 0 Å². The average molecular weight is 416 g/mol. The van der Waals surface area contributed by atoms with E-state index in [1.807, 2.05) is 38.1 Å². The molecule has 1 saturated carbocycles. The Bertz CT molecular complexity index is 806. The van der Waals surface area contributed by atoms with Crippen LogP contribution in [-0.4, -0.2) is 46.5 Å². The van der Waals surface area contributed by atoms with Crippen LogP contribution in [0.15, 0.2) is 24.3 Å². The van der Waals surface area contributed by atoms with E-state index in [0.717, 1.165) is 31.2 Å². The van der Waals surface area contributed by atoms with Crippen molar-refractivity contribution in [1.82, 2.24) is 15.5 Å². The number of amides is 3. The molecule has 1 saturated heterocycles. The van der Waals surface area contributed by atoms with E-state index in [1.165, 1.54) is 6.42 Å². The molecule has 3 amide bonds. The predicted octanol–water partition coefficient (Wildman–Crippen LogP) is 2.85. The lowest BCUT2D eigenvalue weighted by Crippen LogP contribution is -2.56. The number of benzene rings is 1. The molecule has 0 unspecified atom stereocenters. The van der Waals surface area contributed by atoms with E-state index in [1.54, 1.807) is 16.7 Å². The van der Waals surface area contributed by atoms with Gasteiger partial charge in [0.15, 0.2) is 0 Å². The predicted molar refractivity (Wildman–Crippen MR) is 113 cm³/mol. The highest BCUT2D eigenvalue weighted by molar-refractivity contribution is 7.99. The number of hydrogen-bond donors (Lipinski definition) is 2. The molecule has 29 heavy (non-hydrogen) atoms. The summed E-state index contributed by atoms with van der Waals surface area (Å²) in [6.07, 6.45) is 5.52. The molecule has 156 valence electrons. The van der Waals surface area contributed by atoms with Crippen LogP contribution in [0.1, 0.15) is 67.2 Å². The maximum absolute atomic E-state index is 13.1. The van der Waals surface area contributed by atoms with Gasteiger partial charge in [-0.3, -0.25) is 14.4 Å². The van der Waals surface area contributed by atoms with E-state index >= 15 is 0 Å². The third kappa shape index (κ3) is 3.89. The Balaban J connectivity index is 1.43. The first-order valence-corrected chi connectivity index (χ1v) is 11.7. The zero-order valence-corrected chi connectivity index (χ0v) is 17.8. The number of fused-ring (bicyclic) bond motifs is 3. The van der Waals surface area contributed by atoms with Crippen LogP contribution >= 0.6 is 11.8 Å². The summed E-state index contributed by atoms with van der Waals surface area (Å²) in [5, 5.41) is 5.97. The molecule has 0 radical (unpaired) electrons. The first-order chi connectivity index (χ1) is 14.0. The molecule has 2 N–H and O–H groups in total. The molecule has 1 aliphatic carbocycles. The maximum atomic E-state index is 13.1. The molecule has 2 heterocycles. The average Bonchev–Trinajstić information content (AvgIpc) is 3.27. The molecule has 6 nitrogen and oxygen atoms in total. The van der Waals surface area contributed by atoms with Gasteiger partial charge in [-0.15, -0.1) is 11.8 Å². The summed E-state index contributed by atoms with van der Waals surface area (Å²) in [6, 6.07) is 6.62. The lowest BCUT2D eigenvalue weighted by atomic mass is 9.94. The molecule has 3 aliphatic rings. The van der Waals surface area contributed by atoms with Gasteiger partial charge in [-0.25, -0.2) is 0 Å². The van der Waals surface area contributed by atoms with E-state index in [4.69, 9.17) is 0 Å². The van der Waals surface area contributed by atoms with Gasteiger partial charge in [0, 0.05) is 17.4 Å². The minimum absolute atomic E-state index is 0.0288. The quantitative estimate of drug-likeness (QED) is 0.775. The number of carbonyl (C=O) groups is 3. The van der Waals surface area contributed by atoms with Gasteiger partial charge in [-0.05, 0) is 30.4 Å². The number of carbonyl (C=O) groups excluding carboxylic acids is 3. The monoisotopic (exact) mass is 415 g/mol. The molecular formula is C22H29N3O3S. The minimum atomic E-state index is -0.589. The fourth-order valence-corrected chi connectivity index (χ4v) is 6.03. The van der Waals surface area contributed by atoms with Gasteiger partial charge in [0.05, 0.1) is 0 Å². The van der Waals surface area contributed by atoms with E-state index < -0.39 is 12.1 Å². The third-order valence-electron chi connectivity index (χ3n) is 6.19. The molecule has 0 spiro atoms. The van der Waals surface area contributed by atoms with E-state index in [2.05, 4.69) is 10.6 Å². The molecule has 0 bridgehead atoms. The van der Waals surface area contributed by atoms with Gasteiger partial charge in [0.1, 0.15) is 17.5 Å². The Morgan fingerprint density at radius 3 is 2.59 bits per heavy atom. The minimum Gasteiger partial charge on any atom is -0.352 e. The molecule has 2 fully saturated rings. The smallest absolute Gasteiger partial charge is 0.256 e. The second-order valence-electron chi connectivity index (χ2n) is 8.57. The summed E-state index contributed by atoms with van der Waals surface area (Å²) < 4.78 is 0. The van der Waals surface area contributed by atoms with Crippen LogP contribution in [0, 0.1) is 5.92 Å². The standard InChI is InChI=1S/C22H29N3O3S/c1-13(2)18(20(27)23-14-8-4-3-5-9-14)24-19(26)17-12-29-22-16-11-7-6-10-15(16)21(28)25(17)22/h6-7,10-11,13-14,17-18,22H,3-5,8-9,12H2,1-2H3,(H,23,27)(H,24,26)/t17-,18-,22-/m0/s1. The van der Waals surface area contributed by atoms with Crippen LogP contribution in [0.2, 0.25) is 0 Å². The van der Waals surface area contributed by atoms with Gasteiger partial charge in [0.25, 0.3) is 5.91 Å². The SMILES string of the molecule is CC(C)[C@H](NC(=O)[C@@H]1CS[C@H]2c3ccccc3C(=O)N12)C(=O)NC1CCCCC1. The van der Waals surface area contributed by atoms with Crippen LogP contribution in [0.4, 0.5) is 0 Å². The molecule has 1 aromatic rings. The second-order valence-corrected chi connectivity index (χ2v) is 9.69. The molecule has 1 aromatic carbocycles. The molecule has 4 rings (SSSR count). The Morgan fingerprint density at radius 1 is 1.14 bits per heavy atom. The maximum Gasteiger partial charge on any atom is 0.256 e. The van der Waals surface area contributed by atoms with Crippen LogP contribution in [0.5, 0.6) is 0 Å². The normalized spacial score (nSPS) is 24.9. The topological polar surface area (TPSA) is 78.5 Å². The summed E-state index contributed by atoms with van der Waals surface area (Å²) >= 11 is 1.61. The van der Waals surface area contributed by atoms with Crippen LogP contribution in [0.3, 0.4) is 0 Å². The van der Waals surface area contributed by atoms with Crippen molar-refractivity contribution < 1.29 is 14.4 Å². The van der Waals surface area contributed by atoms with E-state index in [0.29, 0.717) is 11.3 Å². The summed E-state index contributed by atoms with van der Waals surface area (Å²) in [5.74, 6) is 0.0746. The second kappa shape index (κ2) is 8.38. The first-order valence-electron chi connectivity index (χ1n) is 10.6. The Morgan fingerprint density at radius 2 is 1.86 bits per heavy atom. The fraction of sp³-hybridized carbons (Fsp3) is 0.591. The highest BCUT2D eigenvalue weighted by Gasteiger charge is 2.48. The number of thioether (sulfide) groups is 1. The van der Waals surface area contributed by atoms with Crippen molar-refractivity contribution in [3.8, 4) is 0 Å². The van der Waals surface area contributed by atoms with E-state index in [9.17, 15) is 14.4 Å². The molecule has 7 heteroatoms. The van der Waals surface area contributed by atoms with Crippen LogP contribution < -0.4 is 10.6 Å². The number of rotatable bonds is 5. The Kier molecular flexibility index (Phi) is 5.86. The van der Waals surface area contributed by atoms with Gasteiger partial charge in [-0.1, -0.05) is 51.3 Å². The van der Waals surface area contributed by atoms with Crippen molar-refractivity contribution in [3.05, 3.63) is 35.4 Å². The number of hydrogen-bond acceptors (Lipinski definition) is 4. The molecular weight excluding hydrogens is 386 g/mol. The Hall–Kier alpha value is -2.02. The summed E-state index contributed by atoms with van der Waals surface area (Å²) in [6.45, 7) is 3.88. The lowest BCUT2D eigenvalue weighted by molar-refractivity contribution is -0.132. The zero-order chi connectivity index (χ0) is 20.5.